The molecule has 0 amide bonds. The Kier molecular flexibility index (Phi) is 11.0. The first-order chi connectivity index (χ1) is 25.5. The van der Waals surface area contributed by atoms with Gasteiger partial charge in [0.15, 0.2) is 6.29 Å². The number of halogens is 2. The molecule has 2 aliphatic heterocycles. The average Bonchev–Trinajstić information content (AvgIpc) is 3.95. The summed E-state index contributed by atoms with van der Waals surface area (Å²) >= 11 is 14.3. The number of rotatable bonds is 12. The van der Waals surface area contributed by atoms with Gasteiger partial charge in [0.2, 0.25) is 0 Å². The van der Waals surface area contributed by atoms with Gasteiger partial charge in [-0.1, -0.05) is 59.6 Å². The molecule has 0 bridgehead atoms. The van der Waals surface area contributed by atoms with Crippen LogP contribution < -0.4 is 5.56 Å². The Morgan fingerprint density at radius 3 is 2.02 bits per heavy atom. The summed E-state index contributed by atoms with van der Waals surface area (Å²) in [5.74, 6) is 0. The number of likely N-dealkylation sites (N-methyl/N-ethyl adjacent to an activating group) is 1. The van der Waals surface area contributed by atoms with Gasteiger partial charge >= 0.3 is 0 Å². The summed E-state index contributed by atoms with van der Waals surface area (Å²) in [5.41, 5.74) is 7.53. The molecule has 3 aromatic heterocycles. The normalized spacial score (nSPS) is 18.4. The number of hydrogen-bond donors (Lipinski definition) is 2. The number of fused-ring (bicyclic) bond motifs is 1. The number of aromatic nitrogens is 3. The maximum Gasteiger partial charge on any atom is 0.275 e. The van der Waals surface area contributed by atoms with Crippen molar-refractivity contribution in [2.45, 2.75) is 45.4 Å². The Labute approximate surface area is 319 Å². The van der Waals surface area contributed by atoms with E-state index in [0.29, 0.717) is 47.4 Å². The second-order valence-corrected chi connectivity index (χ2v) is 15.2. The zero-order valence-electron chi connectivity index (χ0n) is 30.4. The van der Waals surface area contributed by atoms with E-state index in [9.17, 15) is 19.8 Å². The zero-order valence-corrected chi connectivity index (χ0v) is 31.9. The Morgan fingerprint density at radius 2 is 1.43 bits per heavy atom. The van der Waals surface area contributed by atoms with Crippen LogP contribution in [0.3, 0.4) is 0 Å². The summed E-state index contributed by atoms with van der Waals surface area (Å²) in [5, 5.41) is 20.8. The molecule has 0 aliphatic carbocycles. The molecule has 2 unspecified atom stereocenters. The van der Waals surface area contributed by atoms with Gasteiger partial charge in [-0.3, -0.25) is 19.4 Å². The van der Waals surface area contributed by atoms with Crippen molar-refractivity contribution < 1.29 is 15.0 Å². The lowest BCUT2D eigenvalue weighted by atomic mass is 9.97. The zero-order chi connectivity index (χ0) is 37.4. The summed E-state index contributed by atoms with van der Waals surface area (Å²) in [6.45, 7) is 9.96. The molecule has 0 saturated carbocycles. The Balaban J connectivity index is 1.15. The van der Waals surface area contributed by atoms with E-state index in [1.165, 1.54) is 0 Å². The molecule has 2 atom stereocenters. The molecular weight excluding hydrogens is 711 g/mol. The summed E-state index contributed by atoms with van der Waals surface area (Å²) < 4.78 is 5.49. The van der Waals surface area contributed by atoms with E-state index in [1.54, 1.807) is 4.57 Å². The van der Waals surface area contributed by atoms with Crippen molar-refractivity contribution in [1.82, 2.24) is 28.2 Å². The second-order valence-electron chi connectivity index (χ2n) is 14.4. The van der Waals surface area contributed by atoms with Crippen molar-refractivity contribution in [1.29, 1.82) is 0 Å². The van der Waals surface area contributed by atoms with E-state index in [4.69, 9.17) is 23.2 Å². The topological polar surface area (TPSA) is 98.6 Å². The third-order valence-corrected chi connectivity index (χ3v) is 11.6. The van der Waals surface area contributed by atoms with E-state index in [2.05, 4.69) is 14.7 Å². The molecular formula is C41H46Cl2N6O4. The van der Waals surface area contributed by atoms with Gasteiger partial charge in [-0.05, 0) is 38.8 Å². The molecule has 2 N–H and O–H groups in total. The van der Waals surface area contributed by atoms with Crippen LogP contribution in [0.15, 0.2) is 77.6 Å². The summed E-state index contributed by atoms with van der Waals surface area (Å²) in [6, 6.07) is 15.3. The smallest absolute Gasteiger partial charge is 0.275 e. The molecule has 2 saturated heterocycles. The SMILES string of the molecule is C/C(=C/n1cc(-c2cccc(-c3cccc(-c4cc5c(=O)n(CCN6CCC(O)C6)c(C)cn5c4)c3Cl)c2Cl)cc1C=O)N(C)CCN1CCC(O)C1. The van der Waals surface area contributed by atoms with Crippen LogP contribution in [-0.2, 0) is 6.54 Å². The van der Waals surface area contributed by atoms with Gasteiger partial charge < -0.3 is 28.6 Å². The van der Waals surface area contributed by atoms with Crippen molar-refractivity contribution in [2.24, 2.45) is 0 Å². The van der Waals surface area contributed by atoms with E-state index in [0.717, 1.165) is 90.1 Å². The Morgan fingerprint density at radius 1 is 0.849 bits per heavy atom. The van der Waals surface area contributed by atoms with Crippen molar-refractivity contribution in [2.75, 3.05) is 52.9 Å². The maximum atomic E-state index is 13.7. The summed E-state index contributed by atoms with van der Waals surface area (Å²) in [6.07, 6.45) is 9.64. The van der Waals surface area contributed by atoms with Crippen LogP contribution in [0.2, 0.25) is 10.0 Å². The van der Waals surface area contributed by atoms with E-state index in [-0.39, 0.29) is 17.8 Å². The first kappa shape index (κ1) is 37.2. The number of β-amino-alcohol motifs (C(OH)–C–C–N with tert-alkyl or cyclic N) is 2. The highest BCUT2D eigenvalue weighted by molar-refractivity contribution is 6.39. The van der Waals surface area contributed by atoms with Gasteiger partial charge in [0, 0.05) is 129 Å². The number of aliphatic hydroxyl groups is 2. The highest BCUT2D eigenvalue weighted by Crippen LogP contribution is 2.43. The highest BCUT2D eigenvalue weighted by atomic mass is 35.5. The number of carbonyl (C=O) groups excluding carboxylic acids is 1. The van der Waals surface area contributed by atoms with Crippen LogP contribution in [0, 0.1) is 6.92 Å². The molecule has 2 aromatic carbocycles. The van der Waals surface area contributed by atoms with Crippen molar-refractivity contribution in [3.05, 3.63) is 105 Å². The highest BCUT2D eigenvalue weighted by Gasteiger charge is 2.22. The third-order valence-electron chi connectivity index (χ3n) is 10.8. The van der Waals surface area contributed by atoms with Crippen molar-refractivity contribution in [3.63, 3.8) is 0 Å². The number of carbonyl (C=O) groups is 1. The molecule has 278 valence electrons. The van der Waals surface area contributed by atoms with Gasteiger partial charge in [-0.25, -0.2) is 0 Å². The fraction of sp³-hybridized carbons (Fsp3) is 0.366. The Hall–Kier alpha value is -4.16. The molecule has 53 heavy (non-hydrogen) atoms. The monoisotopic (exact) mass is 756 g/mol. The van der Waals surface area contributed by atoms with Crippen molar-refractivity contribution in [3.8, 4) is 33.4 Å². The minimum absolute atomic E-state index is 0.0693. The van der Waals surface area contributed by atoms with Gasteiger partial charge in [0.25, 0.3) is 5.56 Å². The second kappa shape index (κ2) is 15.7. The quantitative estimate of drug-likeness (QED) is 0.146. The summed E-state index contributed by atoms with van der Waals surface area (Å²) in [7, 11) is 2.03. The number of nitrogens with zero attached hydrogens (tertiary/aromatic N) is 6. The van der Waals surface area contributed by atoms with Crippen LogP contribution in [0.25, 0.3) is 45.1 Å². The van der Waals surface area contributed by atoms with E-state index in [1.807, 2.05) is 103 Å². The molecule has 12 heteroatoms. The number of aryl methyl sites for hydroxylation is 1. The first-order valence-corrected chi connectivity index (χ1v) is 18.9. The lowest BCUT2D eigenvalue weighted by molar-refractivity contribution is 0.111. The van der Waals surface area contributed by atoms with Crippen molar-refractivity contribution >= 4 is 41.2 Å². The molecule has 10 nitrogen and oxygen atoms in total. The number of likely N-dealkylation sites (tertiary alicyclic amines) is 2. The van der Waals surface area contributed by atoms with E-state index >= 15 is 0 Å². The third kappa shape index (κ3) is 7.76. The molecule has 5 heterocycles. The van der Waals surface area contributed by atoms with E-state index < -0.39 is 0 Å². The van der Waals surface area contributed by atoms with Crippen LogP contribution in [0.4, 0.5) is 0 Å². The molecule has 0 spiro atoms. The molecule has 5 aromatic rings. The average molecular weight is 758 g/mol. The lowest BCUT2D eigenvalue weighted by Crippen LogP contribution is -2.31. The van der Waals surface area contributed by atoms with Gasteiger partial charge in [-0.2, -0.15) is 0 Å². The Bertz CT molecular complexity index is 2240. The minimum Gasteiger partial charge on any atom is -0.392 e. The fourth-order valence-electron chi connectivity index (χ4n) is 7.57. The van der Waals surface area contributed by atoms with Crippen LogP contribution in [0.1, 0.15) is 35.9 Å². The van der Waals surface area contributed by atoms with Gasteiger partial charge in [0.1, 0.15) is 5.52 Å². The predicted molar refractivity (Wildman–Crippen MR) is 213 cm³/mol. The van der Waals surface area contributed by atoms with Crippen LogP contribution in [-0.4, -0.2) is 110 Å². The number of hydrogen-bond acceptors (Lipinski definition) is 7. The number of aldehydes is 1. The van der Waals surface area contributed by atoms with Crippen LogP contribution in [0.5, 0.6) is 0 Å². The minimum atomic E-state index is -0.296. The predicted octanol–water partition coefficient (Wildman–Crippen LogP) is 6.21. The molecule has 0 radical (unpaired) electrons. The number of aliphatic hydroxyl groups excluding tert-OH is 2. The summed E-state index contributed by atoms with van der Waals surface area (Å²) in [4.78, 5) is 32.5. The molecule has 2 fully saturated rings. The standard InChI is InChI=1S/C41H46Cl2N6O4/c1-27(44(3)14-15-45-12-10-32(51)24-45)20-47-22-29(18-31(47)26-50)34-6-4-8-36(39(34)42)37-9-5-7-35(40(37)43)30-19-38-41(53)49(28(2)21-48(38)23-30)17-16-46-13-11-33(52)25-46/h4-9,18-23,26,32-33,51-52H,10-17,24-25H2,1-3H3/b27-20-. The van der Waals surface area contributed by atoms with Crippen LogP contribution >= 0.6 is 23.2 Å². The fourth-order valence-corrected chi connectivity index (χ4v) is 8.24. The molecule has 2 aliphatic rings. The lowest BCUT2D eigenvalue weighted by Gasteiger charge is -2.23. The largest absolute Gasteiger partial charge is 0.392 e. The number of allylic oxidation sites excluding steroid dienone is 1. The molecule has 7 rings (SSSR count). The number of benzene rings is 2. The maximum absolute atomic E-state index is 13.7. The van der Waals surface area contributed by atoms with Gasteiger partial charge in [0.05, 0.1) is 27.9 Å². The first-order valence-electron chi connectivity index (χ1n) is 18.2. The van der Waals surface area contributed by atoms with Gasteiger partial charge in [-0.15, -0.1) is 0 Å².